The van der Waals surface area contributed by atoms with Crippen LogP contribution in [0.3, 0.4) is 0 Å². The molecule has 6 nitrogen and oxygen atoms in total. The average Bonchev–Trinajstić information content (AvgIpc) is 2.46. The molecule has 4 aliphatic rings. The largest absolute Gasteiger partial charge is 0.851 e. The van der Waals surface area contributed by atoms with E-state index in [1.165, 1.54) is 4.90 Å². The molecule has 3 heterocycles. The second-order valence-corrected chi connectivity index (χ2v) is 7.90. The number of ether oxygens (including phenoxy) is 2. The molecule has 1 N–H and O–H groups in total. The number of carbonyl (C=O) groups excluding carboxylic acids is 2. The summed E-state index contributed by atoms with van der Waals surface area (Å²) in [6, 6.07) is 0. The molecule has 6 heteroatoms. The first-order valence-electron chi connectivity index (χ1n) is 8.81. The third-order valence-corrected chi connectivity index (χ3v) is 6.33. The van der Waals surface area contributed by atoms with E-state index in [0.717, 1.165) is 19.5 Å². The number of esters is 1. The second-order valence-electron chi connectivity index (χ2n) is 7.90. The van der Waals surface area contributed by atoms with Crippen molar-refractivity contribution in [1.82, 2.24) is 0 Å². The summed E-state index contributed by atoms with van der Waals surface area (Å²) in [7, 11) is 2.09. The molecule has 0 aromatic heterocycles. The molecule has 0 radical (unpaired) electrons. The Balaban J connectivity index is 1.67. The van der Waals surface area contributed by atoms with Crippen molar-refractivity contribution in [2.45, 2.75) is 50.6 Å². The fourth-order valence-electron chi connectivity index (χ4n) is 5.34. The lowest BCUT2D eigenvalue weighted by Gasteiger charge is -2.57. The first kappa shape index (κ1) is 15.5. The highest BCUT2D eigenvalue weighted by molar-refractivity contribution is 5.83. The molecule has 0 aromatic rings. The van der Waals surface area contributed by atoms with Gasteiger partial charge in [-0.15, -0.1) is 6.10 Å². The summed E-state index contributed by atoms with van der Waals surface area (Å²) in [5.74, 6) is -0.604. The summed E-state index contributed by atoms with van der Waals surface area (Å²) < 4.78 is 11.7. The Labute approximate surface area is 136 Å². The number of hydrogen-bond acceptors (Lipinski definition) is 5. The van der Waals surface area contributed by atoms with E-state index in [0.29, 0.717) is 6.42 Å². The zero-order chi connectivity index (χ0) is 16.3. The number of piperidine rings is 1. The molecule has 128 valence electrons. The maximum Gasteiger partial charge on any atom is 0.315 e. The molecule has 4 fully saturated rings. The lowest BCUT2D eigenvalue weighted by molar-refractivity contribution is -0.889. The Hall–Kier alpha value is -0.980. The summed E-state index contributed by atoms with van der Waals surface area (Å²) in [5.41, 5.74) is 0. The first-order valence-corrected chi connectivity index (χ1v) is 8.81. The zero-order valence-corrected chi connectivity index (χ0v) is 13.7. The van der Waals surface area contributed by atoms with Gasteiger partial charge >= 0.3 is 5.97 Å². The van der Waals surface area contributed by atoms with Crippen molar-refractivity contribution >= 4 is 11.8 Å². The van der Waals surface area contributed by atoms with Crippen molar-refractivity contribution in [3.05, 3.63) is 0 Å². The van der Waals surface area contributed by atoms with Gasteiger partial charge in [-0.3, -0.25) is 9.59 Å². The Morgan fingerprint density at radius 2 is 2.09 bits per heavy atom. The van der Waals surface area contributed by atoms with Gasteiger partial charge in [0.05, 0.1) is 32.3 Å². The molecule has 0 amide bonds. The van der Waals surface area contributed by atoms with Gasteiger partial charge in [-0.25, -0.2) is 0 Å². The number of fused-ring (bicyclic) bond motifs is 5. The van der Waals surface area contributed by atoms with Gasteiger partial charge in [0.1, 0.15) is 17.8 Å². The van der Waals surface area contributed by atoms with Crippen molar-refractivity contribution in [2.24, 2.45) is 23.7 Å². The van der Waals surface area contributed by atoms with E-state index >= 15 is 0 Å². The summed E-state index contributed by atoms with van der Waals surface area (Å²) >= 11 is 0. The van der Waals surface area contributed by atoms with Crippen LogP contribution in [0.2, 0.25) is 0 Å². The minimum Gasteiger partial charge on any atom is -0.851 e. The average molecular weight is 323 g/mol. The fourth-order valence-corrected chi connectivity index (χ4v) is 5.34. The Bertz CT molecular complexity index is 523. The molecule has 0 spiro atoms. The Morgan fingerprint density at radius 1 is 1.30 bits per heavy atom. The smallest absolute Gasteiger partial charge is 0.315 e. The third kappa shape index (κ3) is 2.42. The minimum absolute atomic E-state index is 0.00713. The summed E-state index contributed by atoms with van der Waals surface area (Å²) in [6.07, 6.45) is -0.378. The predicted molar refractivity (Wildman–Crippen MR) is 77.4 cm³/mol. The standard InChI is InChI=1S/C17H24NO5/c1-8-5-11(19)15-12(20)6-13-14(16(15)22-8)9-3-4-18(2)7-10(9)17(21)23-13/h8-10,12-16H,3-7H2,1-2H3/q-1/p+1. The zero-order valence-electron chi connectivity index (χ0n) is 13.7. The van der Waals surface area contributed by atoms with Gasteiger partial charge in [-0.05, 0) is 19.3 Å². The van der Waals surface area contributed by atoms with Crippen molar-refractivity contribution < 1.29 is 29.1 Å². The van der Waals surface area contributed by atoms with Gasteiger partial charge in [0, 0.05) is 24.7 Å². The monoisotopic (exact) mass is 323 g/mol. The molecule has 1 aliphatic carbocycles. The summed E-state index contributed by atoms with van der Waals surface area (Å²) in [5, 5.41) is 12.5. The fraction of sp³-hybridized carbons (Fsp3) is 0.882. The number of rotatable bonds is 0. The number of carbonyl (C=O) groups is 2. The van der Waals surface area contributed by atoms with Crippen molar-refractivity contribution in [1.29, 1.82) is 0 Å². The van der Waals surface area contributed by atoms with Crippen molar-refractivity contribution in [3.8, 4) is 0 Å². The molecule has 0 aromatic carbocycles. The second kappa shape index (κ2) is 5.53. The highest BCUT2D eigenvalue weighted by atomic mass is 16.6. The molecule has 1 saturated carbocycles. The van der Waals surface area contributed by atoms with Gasteiger partial charge < -0.3 is 19.5 Å². The quantitative estimate of drug-likeness (QED) is 0.531. The van der Waals surface area contributed by atoms with Crippen LogP contribution in [0.25, 0.3) is 0 Å². The molecular weight excluding hydrogens is 298 g/mol. The van der Waals surface area contributed by atoms with Crippen LogP contribution in [0.1, 0.15) is 26.2 Å². The van der Waals surface area contributed by atoms with Crippen molar-refractivity contribution in [2.75, 3.05) is 20.1 Å². The Kier molecular flexibility index (Phi) is 3.74. The van der Waals surface area contributed by atoms with Gasteiger partial charge in [0.2, 0.25) is 0 Å². The van der Waals surface area contributed by atoms with Crippen LogP contribution in [0.15, 0.2) is 0 Å². The van der Waals surface area contributed by atoms with Crippen LogP contribution in [0.5, 0.6) is 0 Å². The van der Waals surface area contributed by atoms with E-state index in [2.05, 4.69) is 7.05 Å². The number of nitrogens with one attached hydrogen (secondary N) is 1. The number of Topliss-reactive ketones (excluding diaryl/α,β-unsaturated/α-hetero) is 1. The topological polar surface area (TPSA) is 80.1 Å². The normalized spacial score (nSPS) is 52.9. The third-order valence-electron chi connectivity index (χ3n) is 6.33. The maximum absolute atomic E-state index is 12.5. The molecule has 9 atom stereocenters. The number of quaternary nitrogens is 1. The molecular formula is C17H25NO5. The molecule has 9 unspecified atom stereocenters. The van der Waals surface area contributed by atoms with Crippen LogP contribution < -0.4 is 10.0 Å². The van der Waals surface area contributed by atoms with Crippen LogP contribution in [0, 0.1) is 23.7 Å². The number of likely N-dealkylation sites (tertiary alicyclic amines) is 1. The lowest BCUT2D eigenvalue weighted by Crippen LogP contribution is -3.11. The predicted octanol–water partition coefficient (Wildman–Crippen LogP) is -1.83. The molecule has 23 heavy (non-hydrogen) atoms. The molecule has 3 aliphatic heterocycles. The highest BCUT2D eigenvalue weighted by Gasteiger charge is 2.58. The van der Waals surface area contributed by atoms with E-state index in [-0.39, 0.29) is 54.2 Å². The maximum atomic E-state index is 12.5. The number of hydrogen-bond donors (Lipinski definition) is 1. The van der Waals surface area contributed by atoms with Gasteiger partial charge in [0.15, 0.2) is 0 Å². The summed E-state index contributed by atoms with van der Waals surface area (Å²) in [4.78, 5) is 26.1. The van der Waals surface area contributed by atoms with Crippen LogP contribution in [0.4, 0.5) is 0 Å². The van der Waals surface area contributed by atoms with Gasteiger partial charge in [0.25, 0.3) is 0 Å². The van der Waals surface area contributed by atoms with E-state index in [1.807, 2.05) is 6.92 Å². The van der Waals surface area contributed by atoms with E-state index in [4.69, 9.17) is 9.47 Å². The lowest BCUT2D eigenvalue weighted by atomic mass is 9.61. The molecule has 0 bridgehead atoms. The van der Waals surface area contributed by atoms with Crippen LogP contribution >= 0.6 is 0 Å². The summed E-state index contributed by atoms with van der Waals surface area (Å²) in [6.45, 7) is 3.68. The molecule has 4 rings (SSSR count). The SMILES string of the molecule is CC1CC(=O)C2C([O-])CC3OC(=O)C4C[NH+](C)CCC4C3C2O1. The van der Waals surface area contributed by atoms with Crippen LogP contribution in [-0.2, 0) is 19.1 Å². The van der Waals surface area contributed by atoms with E-state index in [1.54, 1.807) is 0 Å². The van der Waals surface area contributed by atoms with Gasteiger partial charge in [-0.2, -0.15) is 0 Å². The Morgan fingerprint density at radius 3 is 2.87 bits per heavy atom. The van der Waals surface area contributed by atoms with E-state index < -0.39 is 12.0 Å². The van der Waals surface area contributed by atoms with E-state index in [9.17, 15) is 14.7 Å². The highest BCUT2D eigenvalue weighted by Crippen LogP contribution is 2.47. The molecule has 3 saturated heterocycles. The van der Waals surface area contributed by atoms with Gasteiger partial charge in [-0.1, -0.05) is 0 Å². The van der Waals surface area contributed by atoms with Crippen LogP contribution in [-0.4, -0.2) is 56.3 Å². The van der Waals surface area contributed by atoms with Crippen molar-refractivity contribution in [3.63, 3.8) is 0 Å². The first-order chi connectivity index (χ1) is 11.0. The minimum atomic E-state index is -1.01. The number of ketones is 1.